The fraction of sp³-hybridized carbons (Fsp3) is 0.438. The third-order valence-corrected chi connectivity index (χ3v) is 3.91. The zero-order valence-electron chi connectivity index (χ0n) is 12.5. The zero-order chi connectivity index (χ0) is 15.2. The van der Waals surface area contributed by atoms with Crippen LogP contribution in [0.4, 0.5) is 11.6 Å². The fourth-order valence-electron chi connectivity index (χ4n) is 2.85. The van der Waals surface area contributed by atoms with Gasteiger partial charge in [-0.2, -0.15) is 0 Å². The van der Waals surface area contributed by atoms with Gasteiger partial charge in [-0.05, 0) is 31.5 Å². The summed E-state index contributed by atoms with van der Waals surface area (Å²) in [5.74, 6) is 1.85. The monoisotopic (exact) mass is 299 g/mol. The predicted molar refractivity (Wildman–Crippen MR) is 85.1 cm³/mol. The highest BCUT2D eigenvalue weighted by atomic mass is 16.3. The molecule has 0 saturated carbocycles. The molecular weight excluding hydrogens is 278 g/mol. The van der Waals surface area contributed by atoms with Crippen LogP contribution in [0.15, 0.2) is 36.8 Å². The van der Waals surface area contributed by atoms with Crippen LogP contribution < -0.4 is 5.32 Å². The first kappa shape index (κ1) is 14.9. The van der Waals surface area contributed by atoms with Crippen LogP contribution in [-0.2, 0) is 0 Å². The van der Waals surface area contributed by atoms with Gasteiger partial charge in [0, 0.05) is 31.4 Å². The molecule has 6 heteroatoms. The number of rotatable bonds is 5. The molecule has 0 spiro atoms. The molecule has 2 N–H and O–H groups in total. The van der Waals surface area contributed by atoms with Gasteiger partial charge in [-0.15, -0.1) is 0 Å². The number of aliphatic hydroxyl groups is 1. The summed E-state index contributed by atoms with van der Waals surface area (Å²) in [6, 6.07) is 5.71. The third kappa shape index (κ3) is 3.78. The molecule has 0 aliphatic carbocycles. The van der Waals surface area contributed by atoms with E-state index in [4.69, 9.17) is 5.11 Å². The molecule has 1 atom stereocenters. The van der Waals surface area contributed by atoms with Crippen molar-refractivity contribution in [3.05, 3.63) is 42.5 Å². The minimum absolute atomic E-state index is 0.208. The second-order valence-corrected chi connectivity index (χ2v) is 5.53. The topological polar surface area (TPSA) is 74.2 Å². The van der Waals surface area contributed by atoms with Gasteiger partial charge in [-0.1, -0.05) is 6.07 Å². The van der Waals surface area contributed by atoms with Gasteiger partial charge in [0.2, 0.25) is 0 Å². The van der Waals surface area contributed by atoms with Crippen LogP contribution in [-0.4, -0.2) is 51.2 Å². The normalized spacial score (nSPS) is 19.0. The van der Waals surface area contributed by atoms with Crippen molar-refractivity contribution in [2.24, 2.45) is 0 Å². The van der Waals surface area contributed by atoms with Crippen molar-refractivity contribution < 1.29 is 5.11 Å². The average Bonchev–Trinajstić information content (AvgIpc) is 2.57. The maximum atomic E-state index is 9.10. The summed E-state index contributed by atoms with van der Waals surface area (Å²) >= 11 is 0. The molecule has 1 fully saturated rings. The Labute approximate surface area is 130 Å². The number of aromatic nitrogens is 3. The van der Waals surface area contributed by atoms with Crippen LogP contribution in [0.3, 0.4) is 0 Å². The van der Waals surface area contributed by atoms with Gasteiger partial charge in [0.25, 0.3) is 0 Å². The van der Waals surface area contributed by atoms with Gasteiger partial charge in [0.1, 0.15) is 11.6 Å². The molecule has 1 aliphatic heterocycles. The van der Waals surface area contributed by atoms with Crippen molar-refractivity contribution in [3.8, 4) is 0 Å². The van der Waals surface area contributed by atoms with E-state index in [9.17, 15) is 0 Å². The molecular formula is C16H21N5O. The summed E-state index contributed by atoms with van der Waals surface area (Å²) in [6.07, 6.45) is 7.55. The highest BCUT2D eigenvalue weighted by molar-refractivity contribution is 5.50. The van der Waals surface area contributed by atoms with E-state index in [1.165, 1.54) is 0 Å². The summed E-state index contributed by atoms with van der Waals surface area (Å²) in [5.41, 5.74) is 1.00. The van der Waals surface area contributed by atoms with Crippen molar-refractivity contribution >= 4 is 11.6 Å². The number of β-amino-alcohol motifs (C(OH)–C–C–N with tert-alkyl or cyclic N) is 1. The molecule has 3 heterocycles. The second kappa shape index (κ2) is 7.29. The fourth-order valence-corrected chi connectivity index (χ4v) is 2.85. The molecule has 1 aliphatic rings. The highest BCUT2D eigenvalue weighted by Crippen LogP contribution is 2.26. The first-order valence-electron chi connectivity index (χ1n) is 7.68. The molecule has 2 aromatic rings. The Bertz CT molecular complexity index is 590. The van der Waals surface area contributed by atoms with Crippen LogP contribution in [0.2, 0.25) is 0 Å². The van der Waals surface area contributed by atoms with Crippen molar-refractivity contribution in [2.45, 2.75) is 18.8 Å². The lowest BCUT2D eigenvalue weighted by Crippen LogP contribution is -2.36. The van der Waals surface area contributed by atoms with E-state index in [1.807, 2.05) is 24.4 Å². The maximum absolute atomic E-state index is 9.10. The zero-order valence-corrected chi connectivity index (χ0v) is 12.5. The first-order chi connectivity index (χ1) is 10.8. The number of nitrogens with zero attached hydrogens (tertiary/aromatic N) is 4. The molecule has 116 valence electrons. The van der Waals surface area contributed by atoms with Gasteiger partial charge in [-0.3, -0.25) is 4.98 Å². The molecule has 22 heavy (non-hydrogen) atoms. The summed E-state index contributed by atoms with van der Waals surface area (Å²) in [7, 11) is 0. The largest absolute Gasteiger partial charge is 0.395 e. The van der Waals surface area contributed by atoms with Crippen molar-refractivity contribution in [3.63, 3.8) is 0 Å². The molecule has 0 radical (unpaired) electrons. The number of nitrogens with one attached hydrogen (secondary N) is 1. The van der Waals surface area contributed by atoms with E-state index in [-0.39, 0.29) is 6.61 Å². The van der Waals surface area contributed by atoms with Gasteiger partial charge >= 0.3 is 0 Å². The Morgan fingerprint density at radius 2 is 2.23 bits per heavy atom. The van der Waals surface area contributed by atoms with Crippen LogP contribution in [0, 0.1) is 0 Å². The second-order valence-electron chi connectivity index (χ2n) is 5.53. The third-order valence-electron chi connectivity index (χ3n) is 3.91. The Morgan fingerprint density at radius 3 is 3.05 bits per heavy atom. The van der Waals surface area contributed by atoms with Crippen LogP contribution in [0.5, 0.6) is 0 Å². The quantitative estimate of drug-likeness (QED) is 0.877. The van der Waals surface area contributed by atoms with E-state index in [0.717, 1.165) is 49.8 Å². The van der Waals surface area contributed by atoms with Crippen LogP contribution in [0.1, 0.15) is 24.5 Å². The summed E-state index contributed by atoms with van der Waals surface area (Å²) in [4.78, 5) is 15.5. The number of pyridine rings is 1. The SMILES string of the molecule is OCCN1CCC[C@@H](c2cncc(Nc3ccccn3)n2)C1. The van der Waals surface area contributed by atoms with Gasteiger partial charge in [0.15, 0.2) is 0 Å². The van der Waals surface area contributed by atoms with E-state index in [0.29, 0.717) is 5.92 Å². The lowest BCUT2D eigenvalue weighted by molar-refractivity contribution is 0.160. The number of likely N-dealkylation sites (tertiary alicyclic amines) is 1. The minimum Gasteiger partial charge on any atom is -0.395 e. The average molecular weight is 299 g/mol. The smallest absolute Gasteiger partial charge is 0.150 e. The van der Waals surface area contributed by atoms with E-state index < -0.39 is 0 Å². The maximum Gasteiger partial charge on any atom is 0.150 e. The molecule has 0 unspecified atom stereocenters. The van der Waals surface area contributed by atoms with Crippen molar-refractivity contribution in [2.75, 3.05) is 31.6 Å². The standard InChI is InChI=1S/C16H21N5O/c22-9-8-21-7-3-4-13(12-21)14-10-17-11-16(19-14)20-15-5-1-2-6-18-15/h1-2,5-6,10-11,13,22H,3-4,7-9,12H2,(H,18,19,20)/t13-/m1/s1. The number of anilines is 2. The Kier molecular flexibility index (Phi) is 4.92. The van der Waals surface area contributed by atoms with E-state index in [2.05, 4.69) is 25.2 Å². The number of hydrogen-bond acceptors (Lipinski definition) is 6. The van der Waals surface area contributed by atoms with Crippen molar-refractivity contribution in [1.82, 2.24) is 19.9 Å². The molecule has 6 nitrogen and oxygen atoms in total. The van der Waals surface area contributed by atoms with Crippen LogP contribution >= 0.6 is 0 Å². The molecule has 1 saturated heterocycles. The van der Waals surface area contributed by atoms with Crippen molar-refractivity contribution in [1.29, 1.82) is 0 Å². The van der Waals surface area contributed by atoms with Gasteiger partial charge in [-0.25, -0.2) is 9.97 Å². The number of piperidine rings is 1. The summed E-state index contributed by atoms with van der Waals surface area (Å²) in [6.45, 7) is 2.92. The Hall–Kier alpha value is -2.05. The van der Waals surface area contributed by atoms with Gasteiger partial charge < -0.3 is 15.3 Å². The lowest BCUT2D eigenvalue weighted by atomic mass is 9.95. The Balaban J connectivity index is 1.70. The minimum atomic E-state index is 0.208. The van der Waals surface area contributed by atoms with E-state index in [1.54, 1.807) is 12.4 Å². The molecule has 2 aromatic heterocycles. The van der Waals surface area contributed by atoms with E-state index >= 15 is 0 Å². The molecule has 3 rings (SSSR count). The Morgan fingerprint density at radius 1 is 1.27 bits per heavy atom. The molecule has 0 bridgehead atoms. The first-order valence-corrected chi connectivity index (χ1v) is 7.68. The summed E-state index contributed by atoms with van der Waals surface area (Å²) in [5, 5.41) is 12.3. The summed E-state index contributed by atoms with van der Waals surface area (Å²) < 4.78 is 0. The molecule has 0 aromatic carbocycles. The molecule has 0 amide bonds. The number of hydrogen-bond donors (Lipinski definition) is 2. The highest BCUT2D eigenvalue weighted by Gasteiger charge is 2.22. The predicted octanol–water partition coefficient (Wildman–Crippen LogP) is 1.79. The number of aliphatic hydroxyl groups excluding tert-OH is 1. The van der Waals surface area contributed by atoms with Gasteiger partial charge in [0.05, 0.1) is 18.5 Å². The lowest BCUT2D eigenvalue weighted by Gasteiger charge is -2.31. The van der Waals surface area contributed by atoms with Crippen LogP contribution in [0.25, 0.3) is 0 Å².